The highest BCUT2D eigenvalue weighted by atomic mass is 16.6. The average molecular weight is 519 g/mol. The van der Waals surface area contributed by atoms with E-state index in [1.807, 2.05) is 0 Å². The van der Waals surface area contributed by atoms with Crippen LogP contribution in [0.3, 0.4) is 0 Å². The maximum Gasteiger partial charge on any atom is 0.306 e. The maximum atomic E-state index is 12.4. The number of carboxylic acids is 1. The Kier molecular flexibility index (Phi) is 6.53. The Labute approximate surface area is 221 Å². The van der Waals surface area contributed by atoms with Gasteiger partial charge in [0.1, 0.15) is 12.2 Å². The highest BCUT2D eigenvalue weighted by molar-refractivity contribution is 5.70. The largest absolute Gasteiger partial charge is 0.481 e. The van der Waals surface area contributed by atoms with Gasteiger partial charge >= 0.3 is 17.9 Å². The zero-order valence-electron chi connectivity index (χ0n) is 23.5. The molecule has 0 aromatic heterocycles. The van der Waals surface area contributed by atoms with E-state index >= 15 is 0 Å². The van der Waals surface area contributed by atoms with Gasteiger partial charge in [0, 0.05) is 20.3 Å². The maximum absolute atomic E-state index is 12.4. The molecule has 3 saturated carbocycles. The van der Waals surface area contributed by atoms with Gasteiger partial charge in [-0.2, -0.15) is 0 Å². The Hall–Kier alpha value is -1.63. The number of carbonyl (C=O) groups is 3. The lowest BCUT2D eigenvalue weighted by molar-refractivity contribution is -0.197. The van der Waals surface area contributed by atoms with Crippen molar-refractivity contribution in [2.75, 3.05) is 0 Å². The first-order chi connectivity index (χ1) is 17.2. The third-order valence-electron chi connectivity index (χ3n) is 11.9. The molecule has 3 aliphatic carbocycles. The average Bonchev–Trinajstić information content (AvgIpc) is 3.03. The number of aliphatic carboxylic acids is 1. The molecule has 10 atom stereocenters. The summed E-state index contributed by atoms with van der Waals surface area (Å²) >= 11 is 0. The van der Waals surface area contributed by atoms with Gasteiger partial charge in [-0.1, -0.05) is 34.1 Å². The highest BCUT2D eigenvalue weighted by Crippen LogP contribution is 2.71. The molecule has 2 bridgehead atoms. The molecule has 208 valence electrons. The summed E-state index contributed by atoms with van der Waals surface area (Å²) in [5, 5.41) is 9.92. The minimum Gasteiger partial charge on any atom is -0.481 e. The van der Waals surface area contributed by atoms with E-state index < -0.39 is 35.7 Å². The minimum atomic E-state index is -1.36. The van der Waals surface area contributed by atoms with Gasteiger partial charge in [0.25, 0.3) is 0 Å². The Morgan fingerprint density at radius 3 is 2.11 bits per heavy atom. The van der Waals surface area contributed by atoms with Crippen molar-refractivity contribution in [3.05, 3.63) is 0 Å². The van der Waals surface area contributed by atoms with Crippen LogP contribution in [-0.2, 0) is 28.6 Å². The zero-order chi connectivity index (χ0) is 27.0. The van der Waals surface area contributed by atoms with Crippen LogP contribution in [0.2, 0.25) is 0 Å². The molecule has 5 rings (SSSR count). The van der Waals surface area contributed by atoms with E-state index in [1.54, 1.807) is 0 Å². The summed E-state index contributed by atoms with van der Waals surface area (Å²) < 4.78 is 18.3. The van der Waals surface area contributed by atoms with E-state index in [0.717, 1.165) is 19.3 Å². The normalized spacial score (nSPS) is 48.0. The molecule has 0 radical (unpaired) electrons. The fourth-order valence-electron chi connectivity index (χ4n) is 10.7. The number of esters is 2. The zero-order valence-corrected chi connectivity index (χ0v) is 23.5. The summed E-state index contributed by atoms with van der Waals surface area (Å²) in [6, 6.07) is 0. The second kappa shape index (κ2) is 8.96. The second-order valence-electron chi connectivity index (χ2n) is 14.2. The van der Waals surface area contributed by atoms with Crippen molar-refractivity contribution in [2.45, 2.75) is 130 Å². The number of carbonyl (C=O) groups excluding carboxylic acids is 2. The van der Waals surface area contributed by atoms with Gasteiger partial charge < -0.3 is 19.3 Å². The van der Waals surface area contributed by atoms with E-state index in [-0.39, 0.29) is 35.2 Å². The molecule has 0 aromatic carbocycles. The van der Waals surface area contributed by atoms with Gasteiger partial charge in [-0.05, 0) is 84.9 Å². The molecule has 0 spiro atoms. The number of ether oxygens (including phenoxy) is 3. The predicted molar refractivity (Wildman–Crippen MR) is 136 cm³/mol. The van der Waals surface area contributed by atoms with Gasteiger partial charge in [-0.25, -0.2) is 0 Å². The van der Waals surface area contributed by atoms with Crippen LogP contribution in [0, 0.1) is 39.9 Å². The van der Waals surface area contributed by atoms with Crippen molar-refractivity contribution in [2.24, 2.45) is 39.9 Å². The van der Waals surface area contributed by atoms with E-state index in [1.165, 1.54) is 39.5 Å². The van der Waals surface area contributed by atoms with Crippen LogP contribution in [0.25, 0.3) is 0 Å². The first-order valence-electron chi connectivity index (χ1n) is 14.5. The van der Waals surface area contributed by atoms with Crippen LogP contribution in [-0.4, -0.2) is 46.9 Å². The molecule has 5 aliphatic rings. The molecule has 2 heterocycles. The molecular weight excluding hydrogens is 472 g/mol. The topological polar surface area (TPSA) is 99.1 Å². The molecule has 37 heavy (non-hydrogen) atoms. The standard InChI is InChI=1S/C30H46O7/c1-17(31)35-24-14-20-19(21-15-25(36-18(2)32)30(24,37-21)16-26(33)34)8-9-23-28(20,5)13-10-22-27(3,4)11-7-12-29(22,23)6/h19-25H,7-16H2,1-6H3,(H,33,34)/t19-,20+,21+,22?,23?,24+,25-,28-,29-,30+/m0/s1. The summed E-state index contributed by atoms with van der Waals surface area (Å²) in [5.41, 5.74) is -0.665. The van der Waals surface area contributed by atoms with Crippen molar-refractivity contribution in [3.63, 3.8) is 0 Å². The number of fused-ring (bicyclic) bond motifs is 8. The van der Waals surface area contributed by atoms with E-state index in [0.29, 0.717) is 30.1 Å². The van der Waals surface area contributed by atoms with Gasteiger partial charge in [-0.3, -0.25) is 14.4 Å². The quantitative estimate of drug-likeness (QED) is 0.489. The smallest absolute Gasteiger partial charge is 0.306 e. The second-order valence-corrected chi connectivity index (χ2v) is 14.2. The number of hydrogen-bond acceptors (Lipinski definition) is 6. The Bertz CT molecular complexity index is 960. The summed E-state index contributed by atoms with van der Waals surface area (Å²) in [4.78, 5) is 36.5. The van der Waals surface area contributed by atoms with Crippen molar-refractivity contribution in [3.8, 4) is 0 Å². The molecular formula is C30H46O7. The van der Waals surface area contributed by atoms with Gasteiger partial charge in [0.15, 0.2) is 5.60 Å². The van der Waals surface area contributed by atoms with Crippen LogP contribution in [0.4, 0.5) is 0 Å². The highest BCUT2D eigenvalue weighted by Gasteiger charge is 2.68. The lowest BCUT2D eigenvalue weighted by Crippen LogP contribution is -2.61. The molecule has 7 heteroatoms. The molecule has 2 saturated heterocycles. The third-order valence-corrected chi connectivity index (χ3v) is 11.9. The third kappa shape index (κ3) is 4.13. The monoisotopic (exact) mass is 518 g/mol. The first kappa shape index (κ1) is 27.0. The van der Waals surface area contributed by atoms with E-state index in [9.17, 15) is 19.5 Å². The fourth-order valence-corrected chi connectivity index (χ4v) is 10.7. The molecule has 2 unspecified atom stereocenters. The van der Waals surface area contributed by atoms with Crippen LogP contribution in [0.15, 0.2) is 0 Å². The Morgan fingerprint density at radius 2 is 1.49 bits per heavy atom. The fraction of sp³-hybridized carbons (Fsp3) is 0.900. The Balaban J connectivity index is 1.55. The van der Waals surface area contributed by atoms with Gasteiger partial charge in [0.2, 0.25) is 0 Å². The molecule has 1 N–H and O–H groups in total. The summed E-state index contributed by atoms with van der Waals surface area (Å²) in [5.74, 6) is -0.189. The summed E-state index contributed by atoms with van der Waals surface area (Å²) in [7, 11) is 0. The van der Waals surface area contributed by atoms with Gasteiger partial charge in [0.05, 0.1) is 12.5 Å². The first-order valence-corrected chi connectivity index (χ1v) is 14.5. The van der Waals surface area contributed by atoms with Crippen molar-refractivity contribution < 1.29 is 33.7 Å². The number of rotatable bonds is 4. The van der Waals surface area contributed by atoms with Crippen LogP contribution in [0.1, 0.15) is 106 Å². The van der Waals surface area contributed by atoms with Crippen molar-refractivity contribution >= 4 is 17.9 Å². The molecule has 0 amide bonds. The lowest BCUT2D eigenvalue weighted by atomic mass is 9.38. The molecule has 5 fully saturated rings. The van der Waals surface area contributed by atoms with Crippen LogP contribution < -0.4 is 0 Å². The van der Waals surface area contributed by atoms with E-state index in [2.05, 4.69) is 27.7 Å². The SMILES string of the molecule is CC(=O)O[C@H]1C[C@H]2O[C@]1(CC(=O)O)[C@H](OC(C)=O)C[C@@H]1[C@@H]2CCC2[C@@]3(C)CCCC(C)(C)C3CC[C@]21C. The van der Waals surface area contributed by atoms with Crippen LogP contribution >= 0.6 is 0 Å². The predicted octanol–water partition coefficient (Wildman–Crippen LogP) is 5.53. The molecule has 2 aliphatic heterocycles. The molecule has 7 nitrogen and oxygen atoms in total. The van der Waals surface area contributed by atoms with Gasteiger partial charge in [-0.15, -0.1) is 0 Å². The number of carboxylic acid groups (broad SMARTS) is 1. The minimum absolute atomic E-state index is 0.0647. The molecule has 0 aromatic rings. The van der Waals surface area contributed by atoms with Crippen molar-refractivity contribution in [1.29, 1.82) is 0 Å². The lowest BCUT2D eigenvalue weighted by Gasteiger charge is -2.67. The Morgan fingerprint density at radius 1 is 0.838 bits per heavy atom. The van der Waals surface area contributed by atoms with Crippen molar-refractivity contribution in [1.82, 2.24) is 0 Å². The summed E-state index contributed by atoms with van der Waals surface area (Å²) in [6.45, 7) is 12.6. The van der Waals surface area contributed by atoms with Crippen LogP contribution in [0.5, 0.6) is 0 Å². The summed E-state index contributed by atoms with van der Waals surface area (Å²) in [6.07, 6.45) is 7.28. The number of hydrogen-bond donors (Lipinski definition) is 1. The van der Waals surface area contributed by atoms with E-state index in [4.69, 9.17) is 14.2 Å².